The first-order chi connectivity index (χ1) is 10.1. The summed E-state index contributed by atoms with van der Waals surface area (Å²) in [6.07, 6.45) is 0. The third-order valence-electron chi connectivity index (χ3n) is 2.99. The Morgan fingerprint density at radius 3 is 2.90 bits per heavy atom. The lowest BCUT2D eigenvalue weighted by Gasteiger charge is -2.03. The van der Waals surface area contributed by atoms with Crippen molar-refractivity contribution in [2.75, 3.05) is 0 Å². The van der Waals surface area contributed by atoms with E-state index in [1.54, 1.807) is 12.1 Å². The molecule has 0 aliphatic heterocycles. The summed E-state index contributed by atoms with van der Waals surface area (Å²) in [4.78, 5) is 8.00. The minimum Gasteiger partial charge on any atom is -0.333 e. The zero-order valence-corrected chi connectivity index (χ0v) is 13.3. The number of nitrogens with one attached hydrogen (secondary N) is 1. The summed E-state index contributed by atoms with van der Waals surface area (Å²) in [5.74, 6) is -0.448. The minimum absolute atomic E-state index is 0.182. The largest absolute Gasteiger partial charge is 0.333 e. The maximum Gasteiger partial charge on any atom is 0.171 e. The van der Waals surface area contributed by atoms with Gasteiger partial charge >= 0.3 is 0 Å². The summed E-state index contributed by atoms with van der Waals surface area (Å²) >= 11 is 4.31. The van der Waals surface area contributed by atoms with Crippen LogP contribution in [-0.2, 0) is 0 Å². The average molecular weight is 362 g/mol. The van der Waals surface area contributed by atoms with Crippen molar-refractivity contribution < 1.29 is 4.39 Å². The molecular weight excluding hydrogens is 353 g/mol. The third kappa shape index (κ3) is 2.67. The Kier molecular flexibility index (Phi) is 3.70. The molecule has 0 bridgehead atoms. The number of halogens is 2. The highest BCUT2D eigenvalue weighted by atomic mass is 79.9. The maximum absolute atomic E-state index is 14.2. The van der Waals surface area contributed by atoms with Gasteiger partial charge in [0, 0.05) is 0 Å². The zero-order chi connectivity index (χ0) is 15.0. The fourth-order valence-electron chi connectivity index (χ4n) is 1.95. The van der Waals surface area contributed by atoms with E-state index in [1.165, 1.54) is 11.8 Å². The van der Waals surface area contributed by atoms with Crippen LogP contribution in [0.1, 0.15) is 11.1 Å². The number of H-pyrrole nitrogens is 1. The first kappa shape index (κ1) is 14.1. The Bertz CT molecular complexity index is 882. The van der Waals surface area contributed by atoms with E-state index in [-0.39, 0.29) is 10.0 Å². The molecule has 0 saturated heterocycles. The van der Waals surface area contributed by atoms with Gasteiger partial charge in [0.15, 0.2) is 11.0 Å². The Morgan fingerprint density at radius 1 is 1.33 bits per heavy atom. The second-order valence-electron chi connectivity index (χ2n) is 4.52. The van der Waals surface area contributed by atoms with Crippen molar-refractivity contribution in [3.63, 3.8) is 0 Å². The standard InChI is InChI=1S/C15H9BrFN3S/c1-8-2-4-10-11(6-8)20-15(19-10)21-12-5-3-9(7-18)13(16)14(12)17/h2-6H,1H3,(H,19,20). The molecule has 0 unspecified atom stereocenters. The first-order valence-electron chi connectivity index (χ1n) is 6.11. The molecule has 3 aromatic rings. The van der Waals surface area contributed by atoms with Crippen LogP contribution in [0.5, 0.6) is 0 Å². The average Bonchev–Trinajstić information content (AvgIpc) is 2.85. The molecule has 104 valence electrons. The second-order valence-corrected chi connectivity index (χ2v) is 6.34. The number of imidazole rings is 1. The van der Waals surface area contributed by atoms with Crippen LogP contribution < -0.4 is 0 Å². The van der Waals surface area contributed by atoms with Gasteiger partial charge in [-0.3, -0.25) is 0 Å². The molecule has 3 nitrogen and oxygen atoms in total. The van der Waals surface area contributed by atoms with Crippen molar-refractivity contribution in [1.82, 2.24) is 9.97 Å². The smallest absolute Gasteiger partial charge is 0.171 e. The van der Waals surface area contributed by atoms with Gasteiger partial charge in [0.1, 0.15) is 6.07 Å². The van der Waals surface area contributed by atoms with Crippen LogP contribution >= 0.6 is 27.7 Å². The van der Waals surface area contributed by atoms with Crippen molar-refractivity contribution in [3.05, 3.63) is 51.7 Å². The molecule has 0 spiro atoms. The predicted molar refractivity (Wildman–Crippen MR) is 83.8 cm³/mol. The van der Waals surface area contributed by atoms with Gasteiger partial charge in [-0.05, 0) is 64.4 Å². The van der Waals surface area contributed by atoms with E-state index >= 15 is 0 Å². The summed E-state index contributed by atoms with van der Waals surface area (Å²) in [7, 11) is 0. The third-order valence-corrected chi connectivity index (χ3v) is 4.69. The molecule has 1 heterocycles. The number of aryl methyl sites for hydroxylation is 1. The van der Waals surface area contributed by atoms with E-state index in [0.29, 0.717) is 10.1 Å². The fourth-order valence-corrected chi connectivity index (χ4v) is 3.36. The molecule has 6 heteroatoms. The van der Waals surface area contributed by atoms with Crippen LogP contribution in [0.2, 0.25) is 0 Å². The zero-order valence-electron chi connectivity index (χ0n) is 10.9. The monoisotopic (exact) mass is 361 g/mol. The number of nitriles is 1. The van der Waals surface area contributed by atoms with Crippen LogP contribution in [0, 0.1) is 24.1 Å². The normalized spacial score (nSPS) is 10.8. The number of rotatable bonds is 2. The van der Waals surface area contributed by atoms with Gasteiger partial charge in [0.25, 0.3) is 0 Å². The van der Waals surface area contributed by atoms with Crippen molar-refractivity contribution in [1.29, 1.82) is 5.26 Å². The maximum atomic E-state index is 14.2. The molecule has 0 aliphatic rings. The van der Waals surface area contributed by atoms with Crippen LogP contribution in [-0.4, -0.2) is 9.97 Å². The molecule has 0 aliphatic carbocycles. The van der Waals surface area contributed by atoms with Crippen molar-refractivity contribution in [3.8, 4) is 6.07 Å². The second kappa shape index (κ2) is 5.51. The number of nitrogens with zero attached hydrogens (tertiary/aromatic N) is 2. The van der Waals surface area contributed by atoms with Crippen molar-refractivity contribution >= 4 is 38.7 Å². The number of fused-ring (bicyclic) bond motifs is 1. The molecule has 0 amide bonds. The highest BCUT2D eigenvalue weighted by molar-refractivity contribution is 9.10. The Balaban J connectivity index is 1.99. The van der Waals surface area contributed by atoms with Crippen LogP contribution in [0.25, 0.3) is 11.0 Å². The highest BCUT2D eigenvalue weighted by Crippen LogP contribution is 2.33. The van der Waals surface area contributed by atoms with Crippen LogP contribution in [0.15, 0.2) is 44.9 Å². The molecule has 2 aromatic carbocycles. The summed E-state index contributed by atoms with van der Waals surface area (Å²) in [5.41, 5.74) is 3.17. The summed E-state index contributed by atoms with van der Waals surface area (Å²) in [5, 5.41) is 9.49. The number of hydrogen-bond donors (Lipinski definition) is 1. The summed E-state index contributed by atoms with van der Waals surface area (Å²) < 4.78 is 14.4. The van der Waals surface area contributed by atoms with Gasteiger partial charge in [0.05, 0.1) is 26.0 Å². The Labute approximate surface area is 133 Å². The summed E-state index contributed by atoms with van der Waals surface area (Å²) in [6, 6.07) is 11.0. The van der Waals surface area contributed by atoms with Crippen molar-refractivity contribution in [2.45, 2.75) is 17.0 Å². The molecule has 3 rings (SSSR count). The highest BCUT2D eigenvalue weighted by Gasteiger charge is 2.14. The summed E-state index contributed by atoms with van der Waals surface area (Å²) in [6.45, 7) is 2.00. The topological polar surface area (TPSA) is 52.5 Å². The van der Waals surface area contributed by atoms with Gasteiger partial charge in [-0.1, -0.05) is 6.07 Å². The van der Waals surface area contributed by atoms with E-state index in [4.69, 9.17) is 5.26 Å². The molecule has 1 N–H and O–H groups in total. The Hall–Kier alpha value is -1.84. The molecule has 0 fully saturated rings. The van der Waals surface area contributed by atoms with E-state index in [1.807, 2.05) is 31.2 Å². The molecule has 0 radical (unpaired) electrons. The van der Waals surface area contributed by atoms with Crippen LogP contribution in [0.4, 0.5) is 4.39 Å². The number of benzene rings is 2. The van der Waals surface area contributed by atoms with E-state index in [2.05, 4.69) is 25.9 Å². The minimum atomic E-state index is -0.448. The molecule has 0 saturated carbocycles. The lowest BCUT2D eigenvalue weighted by molar-refractivity contribution is 0.594. The molecular formula is C15H9BrFN3S. The quantitative estimate of drug-likeness (QED) is 0.713. The first-order valence-corrected chi connectivity index (χ1v) is 7.72. The molecule has 21 heavy (non-hydrogen) atoms. The van der Waals surface area contributed by atoms with Crippen molar-refractivity contribution in [2.24, 2.45) is 0 Å². The van der Waals surface area contributed by atoms with Gasteiger partial charge in [-0.25, -0.2) is 9.37 Å². The number of aromatic nitrogens is 2. The lowest BCUT2D eigenvalue weighted by Crippen LogP contribution is -1.88. The van der Waals surface area contributed by atoms with Gasteiger partial charge in [-0.15, -0.1) is 0 Å². The number of aromatic amines is 1. The van der Waals surface area contributed by atoms with E-state index in [9.17, 15) is 4.39 Å². The van der Waals surface area contributed by atoms with E-state index < -0.39 is 5.82 Å². The lowest BCUT2D eigenvalue weighted by atomic mass is 10.2. The molecule has 0 atom stereocenters. The van der Waals surface area contributed by atoms with E-state index in [0.717, 1.165) is 16.6 Å². The predicted octanol–water partition coefficient (Wildman–Crippen LogP) is 4.80. The Morgan fingerprint density at radius 2 is 2.14 bits per heavy atom. The SMILES string of the molecule is Cc1ccc2nc(Sc3ccc(C#N)c(Br)c3F)[nH]c2c1. The van der Waals surface area contributed by atoms with Gasteiger partial charge < -0.3 is 4.98 Å². The number of hydrogen-bond acceptors (Lipinski definition) is 3. The molecule has 1 aromatic heterocycles. The van der Waals surface area contributed by atoms with Gasteiger partial charge in [0.2, 0.25) is 0 Å². The fraction of sp³-hybridized carbons (Fsp3) is 0.0667. The van der Waals surface area contributed by atoms with Crippen LogP contribution in [0.3, 0.4) is 0 Å². The van der Waals surface area contributed by atoms with Gasteiger partial charge in [-0.2, -0.15) is 5.26 Å².